The van der Waals surface area contributed by atoms with E-state index in [1.165, 1.54) is 16.7 Å². The summed E-state index contributed by atoms with van der Waals surface area (Å²) in [4.78, 5) is 11.9. The molecule has 13 rings (SSSR count). The Labute approximate surface area is 476 Å². The van der Waals surface area contributed by atoms with E-state index in [1.807, 2.05) is 0 Å². The zero-order valence-electron chi connectivity index (χ0n) is 45.3. The molecule has 2 unspecified atom stereocenters. The third-order valence-electron chi connectivity index (χ3n) is 15.6. The molecule has 1 aliphatic rings. The summed E-state index contributed by atoms with van der Waals surface area (Å²) < 4.78 is 0. The van der Waals surface area contributed by atoms with Crippen molar-refractivity contribution in [2.24, 2.45) is 0 Å². The number of hydrogen-bond acceptors (Lipinski definition) is 5. The Morgan fingerprint density at radius 2 is 0.420 bits per heavy atom. The summed E-state index contributed by atoms with van der Waals surface area (Å²) in [5.74, 6) is 0.250. The Morgan fingerprint density at radius 1 is 0.210 bits per heavy atom. The predicted molar refractivity (Wildman–Crippen MR) is 341 cm³/mol. The molecule has 5 heteroatoms. The summed E-state index contributed by atoms with van der Waals surface area (Å²) >= 11 is 0. The van der Waals surface area contributed by atoms with Gasteiger partial charge in [-0.15, -0.1) is 0 Å². The van der Waals surface area contributed by atoms with Gasteiger partial charge in [-0.3, -0.25) is 0 Å². The molecule has 0 amide bonds. The predicted octanol–water partition coefficient (Wildman–Crippen LogP) is 21.5. The summed E-state index contributed by atoms with van der Waals surface area (Å²) in [5, 5.41) is 0. The number of nitrogens with zero attached hydrogens (tertiary/aromatic N) is 5. The van der Waals surface area contributed by atoms with E-state index < -0.39 is 0 Å². The lowest BCUT2D eigenvalue weighted by Gasteiger charge is -2.32. The van der Waals surface area contributed by atoms with Gasteiger partial charge in [0, 0.05) is 85.3 Å². The molecule has 0 aromatic heterocycles. The molecular weight excluding hydrogens is 983 g/mol. The van der Waals surface area contributed by atoms with Crippen LogP contribution in [0.2, 0.25) is 0 Å². The van der Waals surface area contributed by atoms with Crippen molar-refractivity contribution in [1.29, 1.82) is 0 Å². The first kappa shape index (κ1) is 50.2. The van der Waals surface area contributed by atoms with E-state index in [9.17, 15) is 0 Å². The van der Waals surface area contributed by atoms with Crippen molar-refractivity contribution in [2.75, 3.05) is 24.5 Å². The van der Waals surface area contributed by atoms with E-state index in [0.29, 0.717) is 0 Å². The van der Waals surface area contributed by atoms with E-state index >= 15 is 0 Å². The van der Waals surface area contributed by atoms with Gasteiger partial charge in [0.25, 0.3) is 0 Å². The molecule has 1 aliphatic heterocycles. The first-order valence-electron chi connectivity index (χ1n) is 28.0. The molecule has 0 aliphatic carbocycles. The third kappa shape index (κ3) is 10.6. The van der Waals surface area contributed by atoms with Crippen molar-refractivity contribution in [3.05, 3.63) is 344 Å². The normalized spacial score (nSPS) is 14.4. The molecule has 12 aromatic rings. The quantitative estimate of drug-likeness (QED) is 0.158. The van der Waals surface area contributed by atoms with E-state index in [0.717, 1.165) is 91.7 Å². The molecule has 390 valence electrons. The molecule has 12 aromatic carbocycles. The van der Waals surface area contributed by atoms with Crippen LogP contribution in [0.3, 0.4) is 0 Å². The van der Waals surface area contributed by atoms with Crippen LogP contribution in [0.15, 0.2) is 328 Å². The highest BCUT2D eigenvalue weighted by Crippen LogP contribution is 2.47. The molecule has 12 bridgehead atoms. The van der Waals surface area contributed by atoms with Gasteiger partial charge in [0.15, 0.2) is 0 Å². The highest BCUT2D eigenvalue weighted by Gasteiger charge is 2.27. The van der Waals surface area contributed by atoms with Gasteiger partial charge in [0.1, 0.15) is 0 Å². The van der Waals surface area contributed by atoms with E-state index in [2.05, 4.69) is 359 Å². The van der Waals surface area contributed by atoms with Gasteiger partial charge < -0.3 is 24.5 Å². The summed E-state index contributed by atoms with van der Waals surface area (Å²) in [6, 6.07) is 119. The molecule has 0 N–H and O–H groups in total. The average Bonchev–Trinajstić information content (AvgIpc) is 3.59. The number of para-hydroxylation sites is 5. The minimum Gasteiger partial charge on any atom is -0.310 e. The molecule has 0 fully saturated rings. The molecule has 81 heavy (non-hydrogen) atoms. The van der Waals surface area contributed by atoms with Crippen molar-refractivity contribution in [1.82, 2.24) is 0 Å². The van der Waals surface area contributed by atoms with Gasteiger partial charge in [0.05, 0.1) is 0 Å². The van der Waals surface area contributed by atoms with Crippen molar-refractivity contribution < 1.29 is 0 Å². The van der Waals surface area contributed by atoms with Crippen LogP contribution in [0.5, 0.6) is 0 Å². The van der Waals surface area contributed by atoms with Crippen LogP contribution >= 0.6 is 0 Å². The highest BCUT2D eigenvalue weighted by molar-refractivity contribution is 5.89. The maximum absolute atomic E-state index is 2.43. The molecule has 1 heterocycles. The van der Waals surface area contributed by atoms with Crippen LogP contribution < -0.4 is 24.5 Å². The number of anilines is 15. The second kappa shape index (κ2) is 22.9. The standard InChI is InChI=1S/C76H61N5/c1-57-59-28-20-40-66(51-59)77(61-30-10-3-11-31-61)68-42-22-44-70(53-68)79(63-34-14-5-15-35-63)72-46-24-48-74(55-72)81(65-38-18-7-19-39-65)75-49-25-47-73(56-75)80(64-36-16-6-17-37-64)71-45-23-43-69(54-71)78(62-32-12-4-13-33-62)67-41-21-29-60(52-67)76(57)50-58-26-8-2-9-27-58/h2-49,51-57,76H,50H2,1H3. The Kier molecular flexibility index (Phi) is 14.2. The van der Waals surface area contributed by atoms with Gasteiger partial charge in [-0.1, -0.05) is 177 Å². The fourth-order valence-electron chi connectivity index (χ4n) is 11.7. The zero-order valence-corrected chi connectivity index (χ0v) is 45.3. The number of rotatable bonds is 7. The fourth-order valence-corrected chi connectivity index (χ4v) is 11.7. The third-order valence-corrected chi connectivity index (χ3v) is 15.6. The summed E-state index contributed by atoms with van der Waals surface area (Å²) in [5.41, 5.74) is 19.6. The summed E-state index contributed by atoms with van der Waals surface area (Å²) in [6.45, 7) is 2.41. The van der Waals surface area contributed by atoms with Crippen LogP contribution in [-0.4, -0.2) is 0 Å². The second-order valence-electron chi connectivity index (χ2n) is 20.7. The van der Waals surface area contributed by atoms with Gasteiger partial charge in [-0.05, 0) is 193 Å². The van der Waals surface area contributed by atoms with Crippen molar-refractivity contribution >= 4 is 85.3 Å². The van der Waals surface area contributed by atoms with E-state index in [1.54, 1.807) is 0 Å². The maximum Gasteiger partial charge on any atom is 0.0482 e. The first-order valence-corrected chi connectivity index (χ1v) is 28.0. The van der Waals surface area contributed by atoms with Crippen molar-refractivity contribution in [2.45, 2.75) is 25.2 Å². The molecule has 5 nitrogen and oxygen atoms in total. The van der Waals surface area contributed by atoms with E-state index in [4.69, 9.17) is 0 Å². The lowest BCUT2D eigenvalue weighted by molar-refractivity contribution is 0.572. The summed E-state index contributed by atoms with van der Waals surface area (Å²) in [6.07, 6.45) is 0.865. The Hall–Kier alpha value is -10.4. The van der Waals surface area contributed by atoms with Crippen LogP contribution in [0, 0.1) is 0 Å². The van der Waals surface area contributed by atoms with E-state index in [-0.39, 0.29) is 11.8 Å². The zero-order chi connectivity index (χ0) is 54.3. The van der Waals surface area contributed by atoms with Gasteiger partial charge in [0.2, 0.25) is 0 Å². The SMILES string of the molecule is CC1c2cccc(c2)N(c2ccccc2)c2cccc(c2)N(c2ccccc2)c2cccc(c2)N(c2ccccc2)c2cccc(c2)N(c2ccccc2)c2cccc(c2)N(c2ccccc2)c2cccc(c2)C1Cc1ccccc1. The van der Waals surface area contributed by atoms with Crippen LogP contribution in [0.4, 0.5) is 85.3 Å². The lowest BCUT2D eigenvalue weighted by atomic mass is 9.78. The second-order valence-corrected chi connectivity index (χ2v) is 20.7. The Balaban J connectivity index is 1.06. The number of fused-ring (bicyclic) bond motifs is 12. The molecule has 0 spiro atoms. The van der Waals surface area contributed by atoms with Gasteiger partial charge in [-0.2, -0.15) is 0 Å². The average molecular weight is 1040 g/mol. The van der Waals surface area contributed by atoms with Crippen LogP contribution in [0.25, 0.3) is 0 Å². The summed E-state index contributed by atoms with van der Waals surface area (Å²) in [7, 11) is 0. The smallest absolute Gasteiger partial charge is 0.0482 e. The van der Waals surface area contributed by atoms with Gasteiger partial charge in [-0.25, -0.2) is 0 Å². The minimum absolute atomic E-state index is 0.124. The highest BCUT2D eigenvalue weighted by atomic mass is 15.2. The van der Waals surface area contributed by atoms with Crippen LogP contribution in [-0.2, 0) is 6.42 Å². The topological polar surface area (TPSA) is 16.2 Å². The lowest BCUT2D eigenvalue weighted by Crippen LogP contribution is -2.16. The molecular formula is C76H61N5. The first-order chi connectivity index (χ1) is 40.1. The monoisotopic (exact) mass is 1040 g/mol. The minimum atomic E-state index is 0.124. The van der Waals surface area contributed by atoms with Crippen molar-refractivity contribution in [3.8, 4) is 0 Å². The molecule has 0 saturated heterocycles. The maximum atomic E-state index is 2.43. The van der Waals surface area contributed by atoms with Gasteiger partial charge >= 0.3 is 0 Å². The largest absolute Gasteiger partial charge is 0.310 e. The fraction of sp³-hybridized carbons (Fsp3) is 0.0526. The molecule has 0 saturated carbocycles. The van der Waals surface area contributed by atoms with Crippen LogP contribution in [0.1, 0.15) is 35.4 Å². The Morgan fingerprint density at radius 3 is 0.704 bits per heavy atom. The molecule has 2 atom stereocenters. The van der Waals surface area contributed by atoms with Crippen molar-refractivity contribution in [3.63, 3.8) is 0 Å². The Bertz CT molecular complexity index is 4030. The number of benzene rings is 12. The number of hydrogen-bond donors (Lipinski definition) is 0. The molecule has 0 radical (unpaired) electrons.